The first-order valence-corrected chi connectivity index (χ1v) is 11.5. The maximum Gasteiger partial charge on any atom is 0.291 e. The molecule has 0 atom stereocenters. The fourth-order valence-electron chi connectivity index (χ4n) is 4.12. The fraction of sp³-hybridized carbons (Fsp3) is 0.565. The first-order chi connectivity index (χ1) is 16.0. The van der Waals surface area contributed by atoms with E-state index in [2.05, 4.69) is 10.4 Å². The van der Waals surface area contributed by atoms with Crippen LogP contribution >= 0.6 is 0 Å². The molecule has 0 aromatic carbocycles. The molecule has 2 N–H and O–H groups in total. The van der Waals surface area contributed by atoms with Gasteiger partial charge in [0.25, 0.3) is 17.4 Å². The van der Waals surface area contributed by atoms with Gasteiger partial charge in [-0.05, 0) is 31.8 Å². The predicted octanol–water partition coefficient (Wildman–Crippen LogP) is 2.41. The lowest BCUT2D eigenvalue weighted by atomic mass is 10.1. The highest BCUT2D eigenvalue weighted by Crippen LogP contribution is 2.29. The number of aromatic hydroxyl groups is 1. The number of nitrogens with one attached hydrogen (secondary N) is 1. The maximum atomic E-state index is 13.5. The van der Waals surface area contributed by atoms with Crippen molar-refractivity contribution in [2.75, 3.05) is 13.1 Å². The molecule has 0 radical (unpaired) electrons. The van der Waals surface area contributed by atoms with E-state index in [1.807, 2.05) is 13.8 Å². The third-order valence-corrected chi connectivity index (χ3v) is 6.09. The predicted molar refractivity (Wildman–Crippen MR) is 121 cm³/mol. The molecule has 184 valence electrons. The number of carbonyl (C=O) groups excluding carboxylic acids is 2. The van der Waals surface area contributed by atoms with Gasteiger partial charge >= 0.3 is 0 Å². The van der Waals surface area contributed by atoms with E-state index in [9.17, 15) is 28.3 Å². The molecule has 0 bridgehead atoms. The molecule has 1 saturated heterocycles. The number of piperidine rings is 1. The third kappa shape index (κ3) is 4.69. The zero-order valence-corrected chi connectivity index (χ0v) is 19.5. The van der Waals surface area contributed by atoms with Gasteiger partial charge in [0.15, 0.2) is 5.56 Å². The first-order valence-electron chi connectivity index (χ1n) is 11.5. The molecule has 2 fully saturated rings. The molecule has 0 spiro atoms. The lowest BCUT2D eigenvalue weighted by Gasteiger charge is -2.32. The molecule has 2 aromatic heterocycles. The number of hydrogen-bond acceptors (Lipinski definition) is 5. The van der Waals surface area contributed by atoms with Crippen LogP contribution in [0.25, 0.3) is 11.7 Å². The van der Waals surface area contributed by atoms with Crippen LogP contribution < -0.4 is 10.9 Å². The summed E-state index contributed by atoms with van der Waals surface area (Å²) in [4.78, 5) is 40.0. The van der Waals surface area contributed by atoms with E-state index in [0.717, 1.165) is 17.4 Å². The minimum Gasteiger partial charge on any atom is -0.494 e. The van der Waals surface area contributed by atoms with Crippen molar-refractivity contribution in [3.05, 3.63) is 33.3 Å². The topological polar surface area (TPSA) is 109 Å². The monoisotopic (exact) mass is 477 g/mol. The number of hydrogen-bond donors (Lipinski definition) is 2. The van der Waals surface area contributed by atoms with Crippen molar-refractivity contribution < 1.29 is 23.5 Å². The standard InChI is InChI=1S/C23H29F2N5O4/c1-13(2)12-29-19-15(10-14(3)20(32)28-8-6-23(24,25)7-9-28)11-26-30(19)22(34)17(21(29)33)18(31)27-16-4-5-16/h10-11,13,16,33H,4-9,12H2,1-3H3,(H,27,31). The number of likely N-dealkylation sites (tertiary alicyclic amines) is 1. The lowest BCUT2D eigenvalue weighted by Crippen LogP contribution is -2.43. The van der Waals surface area contributed by atoms with Gasteiger partial charge in [-0.25, -0.2) is 8.78 Å². The summed E-state index contributed by atoms with van der Waals surface area (Å²) in [7, 11) is 0. The molecule has 2 aromatic rings. The summed E-state index contributed by atoms with van der Waals surface area (Å²) < 4.78 is 29.4. The van der Waals surface area contributed by atoms with Gasteiger partial charge in [-0.1, -0.05) is 13.8 Å². The zero-order valence-electron chi connectivity index (χ0n) is 19.5. The number of amides is 2. The van der Waals surface area contributed by atoms with Crippen molar-refractivity contribution in [1.82, 2.24) is 24.4 Å². The summed E-state index contributed by atoms with van der Waals surface area (Å²) in [5, 5.41) is 17.8. The molecule has 3 heterocycles. The Morgan fingerprint density at radius 1 is 1.29 bits per heavy atom. The lowest BCUT2D eigenvalue weighted by molar-refractivity contribution is -0.133. The van der Waals surface area contributed by atoms with Gasteiger partial charge in [0.05, 0.1) is 6.20 Å². The third-order valence-electron chi connectivity index (χ3n) is 6.09. The number of fused-ring (bicyclic) bond motifs is 1. The van der Waals surface area contributed by atoms with Crippen molar-refractivity contribution in [3.8, 4) is 5.88 Å². The molecule has 9 nitrogen and oxygen atoms in total. The molecule has 1 saturated carbocycles. The van der Waals surface area contributed by atoms with Gasteiger partial charge < -0.3 is 15.3 Å². The van der Waals surface area contributed by atoms with E-state index in [1.165, 1.54) is 21.7 Å². The van der Waals surface area contributed by atoms with Crippen LogP contribution in [-0.4, -0.2) is 61.1 Å². The Morgan fingerprint density at radius 2 is 1.94 bits per heavy atom. The normalized spacial score (nSPS) is 18.5. The largest absolute Gasteiger partial charge is 0.494 e. The number of nitrogens with zero attached hydrogens (tertiary/aromatic N) is 4. The van der Waals surface area contributed by atoms with Crippen LogP contribution in [0.2, 0.25) is 0 Å². The molecule has 2 amide bonds. The van der Waals surface area contributed by atoms with Crippen LogP contribution in [-0.2, 0) is 11.3 Å². The summed E-state index contributed by atoms with van der Waals surface area (Å²) in [5.41, 5.74) is -0.195. The van der Waals surface area contributed by atoms with Gasteiger partial charge in [-0.3, -0.25) is 19.0 Å². The van der Waals surface area contributed by atoms with Crippen LogP contribution in [0, 0.1) is 5.92 Å². The molecule has 34 heavy (non-hydrogen) atoms. The van der Waals surface area contributed by atoms with Crippen molar-refractivity contribution in [1.29, 1.82) is 0 Å². The Balaban J connectivity index is 1.74. The maximum absolute atomic E-state index is 13.5. The van der Waals surface area contributed by atoms with Gasteiger partial charge in [0.1, 0.15) is 5.65 Å². The number of aromatic nitrogens is 3. The smallest absolute Gasteiger partial charge is 0.291 e. The molecule has 0 unspecified atom stereocenters. The highest BCUT2D eigenvalue weighted by Gasteiger charge is 2.36. The van der Waals surface area contributed by atoms with Crippen molar-refractivity contribution in [2.24, 2.45) is 5.92 Å². The fourth-order valence-corrected chi connectivity index (χ4v) is 4.12. The van der Waals surface area contributed by atoms with E-state index in [1.54, 1.807) is 6.92 Å². The van der Waals surface area contributed by atoms with E-state index < -0.39 is 23.3 Å². The molecule has 2 aliphatic rings. The van der Waals surface area contributed by atoms with Crippen LogP contribution in [0.4, 0.5) is 8.78 Å². The zero-order chi connectivity index (χ0) is 24.8. The van der Waals surface area contributed by atoms with Gasteiger partial charge in [0, 0.05) is 49.7 Å². The molecule has 4 rings (SSSR count). The Morgan fingerprint density at radius 3 is 2.53 bits per heavy atom. The van der Waals surface area contributed by atoms with E-state index >= 15 is 0 Å². The van der Waals surface area contributed by atoms with Crippen LogP contribution in [0.1, 0.15) is 62.4 Å². The van der Waals surface area contributed by atoms with Crippen LogP contribution in [0.15, 0.2) is 16.6 Å². The average Bonchev–Trinajstić information content (AvgIpc) is 3.47. The van der Waals surface area contributed by atoms with E-state index in [0.29, 0.717) is 17.7 Å². The van der Waals surface area contributed by atoms with Gasteiger partial charge in [-0.15, -0.1) is 0 Å². The molecular weight excluding hydrogens is 448 g/mol. The van der Waals surface area contributed by atoms with Crippen molar-refractivity contribution in [2.45, 2.75) is 65.0 Å². The molecule has 11 heteroatoms. The Bertz CT molecular complexity index is 1220. The van der Waals surface area contributed by atoms with Crippen molar-refractivity contribution in [3.63, 3.8) is 0 Å². The van der Waals surface area contributed by atoms with Crippen LogP contribution in [0.5, 0.6) is 5.88 Å². The van der Waals surface area contributed by atoms with Crippen molar-refractivity contribution >= 4 is 23.5 Å². The van der Waals surface area contributed by atoms with Crippen LogP contribution in [0.3, 0.4) is 0 Å². The van der Waals surface area contributed by atoms with Gasteiger partial charge in [0.2, 0.25) is 11.8 Å². The molecule has 1 aliphatic heterocycles. The van der Waals surface area contributed by atoms with E-state index in [4.69, 9.17) is 0 Å². The minimum absolute atomic E-state index is 0.0000562. The molecular formula is C23H29F2N5O4. The highest BCUT2D eigenvalue weighted by molar-refractivity contribution is 5.99. The SMILES string of the molecule is CC(=Cc1cnn2c(=O)c(C(=O)NC3CC3)c(O)n(CC(C)C)c12)C(=O)N1CCC(F)(F)CC1. The second-order valence-electron chi connectivity index (χ2n) is 9.57. The second kappa shape index (κ2) is 8.84. The quantitative estimate of drug-likeness (QED) is 0.621. The summed E-state index contributed by atoms with van der Waals surface area (Å²) in [6.45, 7) is 5.63. The summed E-state index contributed by atoms with van der Waals surface area (Å²) >= 11 is 0. The Kier molecular flexibility index (Phi) is 6.22. The second-order valence-corrected chi connectivity index (χ2v) is 9.57. The Hall–Kier alpha value is -3.24. The van der Waals surface area contributed by atoms with E-state index in [-0.39, 0.29) is 55.0 Å². The average molecular weight is 478 g/mol. The summed E-state index contributed by atoms with van der Waals surface area (Å²) in [5.74, 6) is -4.18. The summed E-state index contributed by atoms with van der Waals surface area (Å²) in [6, 6.07) is 0.0000562. The highest BCUT2D eigenvalue weighted by atomic mass is 19.3. The number of carbonyl (C=O) groups is 2. The number of halogens is 2. The summed E-state index contributed by atoms with van der Waals surface area (Å²) in [6.07, 6.45) is 3.81. The molecule has 1 aliphatic carbocycles. The minimum atomic E-state index is -2.76. The first kappa shape index (κ1) is 23.9. The number of rotatable bonds is 6. The van der Waals surface area contributed by atoms with Gasteiger partial charge in [-0.2, -0.15) is 9.61 Å². The Labute approximate surface area is 195 Å². The number of alkyl halides is 2.